The summed E-state index contributed by atoms with van der Waals surface area (Å²) in [4.78, 5) is 17.3. The number of carboxylic acids is 1. The van der Waals surface area contributed by atoms with Crippen LogP contribution in [0.5, 0.6) is 0 Å². The number of benzene rings is 2. The van der Waals surface area contributed by atoms with Gasteiger partial charge in [-0.25, -0.2) is 4.79 Å². The molecule has 3 aromatic rings. The smallest absolute Gasteiger partial charge is 0.335 e. The molecule has 3 atom stereocenters. The minimum atomic E-state index is -0.860. The lowest BCUT2D eigenvalue weighted by molar-refractivity contribution is 0.0696. The van der Waals surface area contributed by atoms with E-state index in [1.54, 1.807) is 12.1 Å². The molecular weight excluding hydrogens is 348 g/mol. The van der Waals surface area contributed by atoms with E-state index in [0.717, 1.165) is 6.54 Å². The number of nitrogens with one attached hydrogen (secondary N) is 1. The second-order valence-electron chi connectivity index (χ2n) is 8.53. The average Bonchev–Trinajstić information content (AvgIpc) is 3.41. The number of aromatic carboxylic acids is 1. The van der Waals surface area contributed by atoms with Gasteiger partial charge in [-0.2, -0.15) is 0 Å². The summed E-state index contributed by atoms with van der Waals surface area (Å²) >= 11 is 0. The number of H-pyrrole nitrogens is 1. The zero-order valence-corrected chi connectivity index (χ0v) is 16.4. The molecule has 2 bridgehead atoms. The molecule has 0 spiro atoms. The number of aryl methyl sites for hydroxylation is 2. The number of nitrogens with zero attached hydrogens (tertiary/aromatic N) is 1. The van der Waals surface area contributed by atoms with Crippen LogP contribution in [0.1, 0.15) is 57.9 Å². The summed E-state index contributed by atoms with van der Waals surface area (Å²) in [6, 6.07) is 13.1. The first-order valence-electron chi connectivity index (χ1n) is 10.2. The number of hydrogen-bond acceptors (Lipinski definition) is 2. The Hall–Kier alpha value is -2.59. The van der Waals surface area contributed by atoms with Gasteiger partial charge in [-0.1, -0.05) is 18.2 Å². The Morgan fingerprint density at radius 3 is 2.68 bits per heavy atom. The molecule has 2 aromatic carbocycles. The van der Waals surface area contributed by atoms with Crippen molar-refractivity contribution < 1.29 is 9.90 Å². The second-order valence-corrected chi connectivity index (χ2v) is 8.53. The number of piperidine rings is 1. The van der Waals surface area contributed by atoms with Crippen LogP contribution in [0.15, 0.2) is 42.6 Å². The molecular formula is C24H26N2O2. The van der Waals surface area contributed by atoms with E-state index in [1.165, 1.54) is 52.4 Å². The summed E-state index contributed by atoms with van der Waals surface area (Å²) in [5.74, 6) is -0.186. The van der Waals surface area contributed by atoms with Gasteiger partial charge in [0, 0.05) is 35.7 Å². The molecule has 4 nitrogen and oxygen atoms in total. The number of carboxylic acid groups (broad SMARTS) is 1. The first kappa shape index (κ1) is 17.5. The Bertz CT molecular complexity index is 1050. The van der Waals surface area contributed by atoms with Crippen molar-refractivity contribution in [3.05, 3.63) is 70.4 Å². The fourth-order valence-electron chi connectivity index (χ4n) is 5.63. The maximum absolute atomic E-state index is 11.2. The van der Waals surface area contributed by atoms with E-state index in [0.29, 0.717) is 23.6 Å². The van der Waals surface area contributed by atoms with Crippen LogP contribution in [0, 0.1) is 19.8 Å². The van der Waals surface area contributed by atoms with Crippen LogP contribution in [0.2, 0.25) is 0 Å². The average molecular weight is 374 g/mol. The summed E-state index contributed by atoms with van der Waals surface area (Å²) < 4.78 is 0. The predicted octanol–water partition coefficient (Wildman–Crippen LogP) is 5.21. The van der Waals surface area contributed by atoms with Gasteiger partial charge in [-0.05, 0) is 79.5 Å². The molecule has 2 unspecified atom stereocenters. The lowest BCUT2D eigenvalue weighted by Crippen LogP contribution is -2.35. The van der Waals surface area contributed by atoms with Crippen LogP contribution >= 0.6 is 0 Å². The maximum atomic E-state index is 11.2. The minimum absolute atomic E-state index is 0.363. The minimum Gasteiger partial charge on any atom is -0.478 e. The molecule has 2 heterocycles. The standard InChI is InChI=1S/C24H26N2O2/c1-14-11-15(2)22-20(9-10-25-22)21(14)13-26-19-8-7-18(12-19)23(26)16-3-5-17(6-4-16)24(27)28/h3-6,9-11,18-19,23,25H,7-8,12-13H2,1-2H3,(H,27,28)/t18?,19?,23-/m1/s1. The van der Waals surface area contributed by atoms with E-state index in [-0.39, 0.29) is 0 Å². The summed E-state index contributed by atoms with van der Waals surface area (Å²) in [6.07, 6.45) is 5.85. The van der Waals surface area contributed by atoms with Crippen LogP contribution in [0.25, 0.3) is 10.9 Å². The van der Waals surface area contributed by atoms with Crippen LogP contribution in [0.3, 0.4) is 0 Å². The van der Waals surface area contributed by atoms with E-state index in [2.05, 4.69) is 35.9 Å². The third kappa shape index (κ3) is 2.67. The van der Waals surface area contributed by atoms with Crippen molar-refractivity contribution in [1.29, 1.82) is 0 Å². The van der Waals surface area contributed by atoms with E-state index in [9.17, 15) is 9.90 Å². The van der Waals surface area contributed by atoms with E-state index >= 15 is 0 Å². The zero-order valence-electron chi connectivity index (χ0n) is 16.4. The van der Waals surface area contributed by atoms with E-state index < -0.39 is 5.97 Å². The fraction of sp³-hybridized carbons (Fsp3) is 0.375. The van der Waals surface area contributed by atoms with Crippen molar-refractivity contribution in [1.82, 2.24) is 9.88 Å². The number of aromatic amines is 1. The molecule has 4 heteroatoms. The normalized spacial score (nSPS) is 24.3. The SMILES string of the molecule is Cc1cc(C)c2[nH]ccc2c1CN1C2CCC(C2)[C@H]1c1ccc(C(=O)O)cc1. The molecule has 2 aliphatic rings. The Morgan fingerprint density at radius 2 is 1.93 bits per heavy atom. The summed E-state index contributed by atoms with van der Waals surface area (Å²) in [5, 5.41) is 10.5. The number of likely N-dealkylation sites (tertiary alicyclic amines) is 1. The highest BCUT2D eigenvalue weighted by molar-refractivity contribution is 5.88. The second kappa shape index (κ2) is 6.49. The van der Waals surface area contributed by atoms with Gasteiger partial charge in [0.2, 0.25) is 0 Å². The first-order valence-corrected chi connectivity index (χ1v) is 10.2. The van der Waals surface area contributed by atoms with Crippen molar-refractivity contribution in [2.24, 2.45) is 5.92 Å². The Balaban J connectivity index is 1.52. The van der Waals surface area contributed by atoms with Gasteiger partial charge < -0.3 is 10.1 Å². The van der Waals surface area contributed by atoms with Crippen LogP contribution < -0.4 is 0 Å². The molecule has 2 fully saturated rings. The molecule has 1 saturated carbocycles. The molecule has 0 amide bonds. The highest BCUT2D eigenvalue weighted by Crippen LogP contribution is 2.51. The highest BCUT2D eigenvalue weighted by Gasteiger charge is 2.46. The van der Waals surface area contributed by atoms with E-state index in [1.807, 2.05) is 18.3 Å². The van der Waals surface area contributed by atoms with Gasteiger partial charge in [-0.15, -0.1) is 0 Å². The van der Waals surface area contributed by atoms with Gasteiger partial charge in [-0.3, -0.25) is 4.90 Å². The van der Waals surface area contributed by atoms with Crippen molar-refractivity contribution in [3.63, 3.8) is 0 Å². The quantitative estimate of drug-likeness (QED) is 0.659. The topological polar surface area (TPSA) is 56.3 Å². The zero-order chi connectivity index (χ0) is 19.4. The van der Waals surface area contributed by atoms with Crippen molar-refractivity contribution >= 4 is 16.9 Å². The number of carbonyl (C=O) groups is 1. The van der Waals surface area contributed by atoms with Crippen LogP contribution in [-0.4, -0.2) is 27.0 Å². The first-order chi connectivity index (χ1) is 13.5. The molecule has 144 valence electrons. The van der Waals surface area contributed by atoms with E-state index in [4.69, 9.17) is 0 Å². The Kier molecular flexibility index (Phi) is 4.06. The monoisotopic (exact) mass is 374 g/mol. The largest absolute Gasteiger partial charge is 0.478 e. The van der Waals surface area contributed by atoms with Crippen molar-refractivity contribution in [2.45, 2.75) is 51.7 Å². The molecule has 0 radical (unpaired) electrons. The third-order valence-corrected chi connectivity index (χ3v) is 6.93. The van der Waals surface area contributed by atoms with Crippen molar-refractivity contribution in [2.75, 3.05) is 0 Å². The lowest BCUT2D eigenvalue weighted by Gasteiger charge is -2.36. The summed E-state index contributed by atoms with van der Waals surface area (Å²) in [7, 11) is 0. The van der Waals surface area contributed by atoms with Crippen LogP contribution in [-0.2, 0) is 6.54 Å². The molecule has 5 rings (SSSR count). The number of fused-ring (bicyclic) bond motifs is 3. The molecule has 28 heavy (non-hydrogen) atoms. The molecule has 2 N–H and O–H groups in total. The Morgan fingerprint density at radius 1 is 1.14 bits per heavy atom. The molecule has 1 aromatic heterocycles. The Labute approximate surface area is 165 Å². The van der Waals surface area contributed by atoms with Gasteiger partial charge >= 0.3 is 5.97 Å². The van der Waals surface area contributed by atoms with Gasteiger partial charge in [0.15, 0.2) is 0 Å². The predicted molar refractivity (Wildman–Crippen MR) is 111 cm³/mol. The lowest BCUT2D eigenvalue weighted by atomic mass is 9.90. The summed E-state index contributed by atoms with van der Waals surface area (Å²) in [5.41, 5.74) is 6.93. The number of aromatic nitrogens is 1. The number of hydrogen-bond donors (Lipinski definition) is 2. The number of rotatable bonds is 4. The third-order valence-electron chi connectivity index (χ3n) is 6.93. The van der Waals surface area contributed by atoms with Gasteiger partial charge in [0.1, 0.15) is 0 Å². The van der Waals surface area contributed by atoms with Crippen LogP contribution in [0.4, 0.5) is 0 Å². The maximum Gasteiger partial charge on any atom is 0.335 e. The van der Waals surface area contributed by atoms with Crippen molar-refractivity contribution in [3.8, 4) is 0 Å². The highest BCUT2D eigenvalue weighted by atomic mass is 16.4. The molecule has 1 aliphatic heterocycles. The van der Waals surface area contributed by atoms with Gasteiger partial charge in [0.25, 0.3) is 0 Å². The summed E-state index contributed by atoms with van der Waals surface area (Å²) in [6.45, 7) is 5.34. The molecule has 1 saturated heterocycles. The van der Waals surface area contributed by atoms with Gasteiger partial charge in [0.05, 0.1) is 5.56 Å². The fourth-order valence-corrected chi connectivity index (χ4v) is 5.63. The molecule has 1 aliphatic carbocycles.